The zero-order valence-electron chi connectivity index (χ0n) is 34.8. The predicted octanol–water partition coefficient (Wildman–Crippen LogP) is 12.6. The van der Waals surface area contributed by atoms with Crippen LogP contribution >= 0.6 is 7.82 Å². The van der Waals surface area contributed by atoms with Crippen molar-refractivity contribution in [2.24, 2.45) is 5.73 Å². The molecule has 1 amide bonds. The molecule has 0 bridgehead atoms. The van der Waals surface area contributed by atoms with Gasteiger partial charge in [0.15, 0.2) is 0 Å². The predicted molar refractivity (Wildman–Crippen MR) is 226 cm³/mol. The molecule has 0 aromatic heterocycles. The van der Waals surface area contributed by atoms with Crippen LogP contribution in [0.15, 0.2) is 24.3 Å². The van der Waals surface area contributed by atoms with Gasteiger partial charge in [0.05, 0.1) is 25.4 Å². The highest BCUT2D eigenvalue weighted by Gasteiger charge is 2.26. The Morgan fingerprint density at radius 3 is 1.40 bits per heavy atom. The Kier molecular flexibility index (Phi) is 39.9. The Morgan fingerprint density at radius 2 is 0.981 bits per heavy atom. The molecule has 3 unspecified atom stereocenters. The fraction of sp³-hybridized carbons (Fsp3) is 0.886. The Labute approximate surface area is 327 Å². The second kappa shape index (κ2) is 40.6. The third-order valence-corrected chi connectivity index (χ3v) is 11.0. The number of carbonyl (C=O) groups excluding carboxylic acids is 1. The van der Waals surface area contributed by atoms with E-state index in [9.17, 15) is 19.4 Å². The second-order valence-corrected chi connectivity index (χ2v) is 16.7. The molecular formula is C44H87N2O6P. The summed E-state index contributed by atoms with van der Waals surface area (Å²) in [6.45, 7) is 4.14. The number of rotatable bonds is 42. The molecular weight excluding hydrogens is 683 g/mol. The van der Waals surface area contributed by atoms with Gasteiger partial charge < -0.3 is 21.1 Å². The first-order valence-electron chi connectivity index (χ1n) is 22.5. The average Bonchev–Trinajstić information content (AvgIpc) is 3.14. The first-order chi connectivity index (χ1) is 25.9. The second-order valence-electron chi connectivity index (χ2n) is 15.3. The summed E-state index contributed by atoms with van der Waals surface area (Å²) >= 11 is 0. The van der Waals surface area contributed by atoms with Crippen LogP contribution in [0.4, 0.5) is 0 Å². The van der Waals surface area contributed by atoms with Crippen molar-refractivity contribution in [2.45, 2.75) is 231 Å². The maximum absolute atomic E-state index is 12.7. The van der Waals surface area contributed by atoms with Gasteiger partial charge >= 0.3 is 7.82 Å². The van der Waals surface area contributed by atoms with Crippen LogP contribution in [-0.4, -0.2) is 47.8 Å². The molecule has 0 rings (SSSR count). The van der Waals surface area contributed by atoms with Gasteiger partial charge in [0.25, 0.3) is 0 Å². The third-order valence-electron chi connectivity index (χ3n) is 10.0. The molecule has 9 heteroatoms. The van der Waals surface area contributed by atoms with E-state index in [-0.39, 0.29) is 25.7 Å². The summed E-state index contributed by atoms with van der Waals surface area (Å²) in [6, 6.07) is -0.862. The fourth-order valence-corrected chi connectivity index (χ4v) is 7.36. The largest absolute Gasteiger partial charge is 0.472 e. The summed E-state index contributed by atoms with van der Waals surface area (Å²) in [5.41, 5.74) is 5.37. The van der Waals surface area contributed by atoms with E-state index >= 15 is 0 Å². The third kappa shape index (κ3) is 39.0. The molecule has 0 saturated carbocycles. The zero-order chi connectivity index (χ0) is 38.9. The molecule has 0 radical (unpaired) electrons. The van der Waals surface area contributed by atoms with Crippen LogP contribution < -0.4 is 11.1 Å². The molecule has 0 spiro atoms. The summed E-state index contributed by atoms with van der Waals surface area (Å²) in [7, 11) is -4.34. The summed E-state index contributed by atoms with van der Waals surface area (Å²) in [6.07, 6.45) is 46.5. The lowest BCUT2D eigenvalue weighted by Gasteiger charge is -2.23. The van der Waals surface area contributed by atoms with E-state index in [2.05, 4.69) is 31.3 Å². The van der Waals surface area contributed by atoms with E-state index in [4.69, 9.17) is 14.8 Å². The molecule has 8 nitrogen and oxygen atoms in total. The monoisotopic (exact) mass is 771 g/mol. The lowest BCUT2D eigenvalue weighted by Crippen LogP contribution is -2.45. The lowest BCUT2D eigenvalue weighted by molar-refractivity contribution is -0.123. The summed E-state index contributed by atoms with van der Waals surface area (Å²) < 4.78 is 22.1. The highest BCUT2D eigenvalue weighted by molar-refractivity contribution is 7.47. The summed E-state index contributed by atoms with van der Waals surface area (Å²) in [5.74, 6) is -0.201. The van der Waals surface area contributed by atoms with Crippen molar-refractivity contribution >= 4 is 13.7 Å². The molecule has 0 aromatic rings. The number of phosphoric ester groups is 1. The van der Waals surface area contributed by atoms with Crippen molar-refractivity contribution < 1.29 is 28.4 Å². The summed E-state index contributed by atoms with van der Waals surface area (Å²) in [4.78, 5) is 22.7. The van der Waals surface area contributed by atoms with Crippen molar-refractivity contribution in [3.63, 3.8) is 0 Å². The van der Waals surface area contributed by atoms with E-state index in [1.807, 2.05) is 6.08 Å². The van der Waals surface area contributed by atoms with E-state index in [1.165, 1.54) is 148 Å². The van der Waals surface area contributed by atoms with Crippen molar-refractivity contribution in [1.82, 2.24) is 5.32 Å². The molecule has 0 aromatic carbocycles. The molecule has 0 aliphatic carbocycles. The van der Waals surface area contributed by atoms with Crippen LogP contribution in [0.25, 0.3) is 0 Å². The number of phosphoric acid groups is 1. The standard InChI is InChI=1S/C44H87N2O6P/c1-3-5-7-9-11-13-15-17-19-20-21-22-24-25-27-29-31-33-35-37-43(47)42(41-52-53(49,50)51-40-39-45)46-44(48)38-36-34-32-30-28-26-23-18-16-14-12-10-8-6-4-2/h18,23,35,37,42-43,47H,3-17,19-22,24-34,36,38-41,45H2,1-2H3,(H,46,48)(H,49,50)/b23-18-,37-35+. The normalized spacial score (nSPS) is 14.3. The minimum Gasteiger partial charge on any atom is -0.387 e. The molecule has 5 N–H and O–H groups in total. The Morgan fingerprint density at radius 1 is 0.604 bits per heavy atom. The van der Waals surface area contributed by atoms with Crippen LogP contribution in [0, 0.1) is 0 Å². The van der Waals surface area contributed by atoms with Gasteiger partial charge in [0.2, 0.25) is 5.91 Å². The minimum atomic E-state index is -4.34. The number of hydrogen-bond acceptors (Lipinski definition) is 6. The van der Waals surface area contributed by atoms with Crippen LogP contribution in [-0.2, 0) is 18.4 Å². The number of unbranched alkanes of at least 4 members (excludes halogenated alkanes) is 28. The van der Waals surface area contributed by atoms with Gasteiger partial charge in [-0.2, -0.15) is 0 Å². The highest BCUT2D eigenvalue weighted by Crippen LogP contribution is 2.43. The van der Waals surface area contributed by atoms with Crippen molar-refractivity contribution in [2.75, 3.05) is 19.8 Å². The first kappa shape index (κ1) is 52.0. The average molecular weight is 771 g/mol. The van der Waals surface area contributed by atoms with Crippen molar-refractivity contribution in [3.05, 3.63) is 24.3 Å². The van der Waals surface area contributed by atoms with E-state index in [0.29, 0.717) is 6.42 Å². The molecule has 0 aliphatic rings. The number of allylic oxidation sites excluding steroid dienone is 3. The molecule has 53 heavy (non-hydrogen) atoms. The van der Waals surface area contributed by atoms with Crippen molar-refractivity contribution in [3.8, 4) is 0 Å². The van der Waals surface area contributed by atoms with Crippen LogP contribution in [0.1, 0.15) is 219 Å². The lowest BCUT2D eigenvalue weighted by atomic mass is 10.0. The molecule has 3 atom stereocenters. The first-order valence-corrected chi connectivity index (χ1v) is 24.0. The van der Waals surface area contributed by atoms with Crippen LogP contribution in [0.3, 0.4) is 0 Å². The molecule has 314 valence electrons. The Balaban J connectivity index is 4.20. The van der Waals surface area contributed by atoms with Gasteiger partial charge in [0, 0.05) is 13.0 Å². The summed E-state index contributed by atoms with van der Waals surface area (Å²) in [5, 5.41) is 13.7. The van der Waals surface area contributed by atoms with Gasteiger partial charge in [-0.1, -0.05) is 192 Å². The Hall–Kier alpha value is -1.02. The van der Waals surface area contributed by atoms with Crippen molar-refractivity contribution in [1.29, 1.82) is 0 Å². The number of amides is 1. The van der Waals surface area contributed by atoms with Crippen LogP contribution in [0.5, 0.6) is 0 Å². The van der Waals surface area contributed by atoms with Gasteiger partial charge in [0.1, 0.15) is 0 Å². The number of aliphatic hydroxyl groups is 1. The van der Waals surface area contributed by atoms with Gasteiger partial charge in [-0.15, -0.1) is 0 Å². The van der Waals surface area contributed by atoms with E-state index < -0.39 is 20.0 Å². The smallest absolute Gasteiger partial charge is 0.387 e. The van der Waals surface area contributed by atoms with E-state index in [0.717, 1.165) is 51.4 Å². The quantitative estimate of drug-likeness (QED) is 0.0276. The number of hydrogen-bond donors (Lipinski definition) is 4. The number of nitrogens with one attached hydrogen (secondary N) is 1. The molecule has 0 saturated heterocycles. The number of aliphatic hydroxyl groups excluding tert-OH is 1. The molecule has 0 heterocycles. The molecule has 0 aliphatic heterocycles. The maximum Gasteiger partial charge on any atom is 0.472 e. The van der Waals surface area contributed by atoms with Crippen LogP contribution in [0.2, 0.25) is 0 Å². The van der Waals surface area contributed by atoms with Gasteiger partial charge in [-0.3, -0.25) is 13.8 Å². The van der Waals surface area contributed by atoms with Gasteiger partial charge in [-0.05, 0) is 44.9 Å². The fourth-order valence-electron chi connectivity index (χ4n) is 6.60. The highest BCUT2D eigenvalue weighted by atomic mass is 31.2. The Bertz CT molecular complexity index is 886. The maximum atomic E-state index is 12.7. The van der Waals surface area contributed by atoms with Gasteiger partial charge in [-0.25, -0.2) is 4.57 Å². The zero-order valence-corrected chi connectivity index (χ0v) is 35.7. The minimum absolute atomic E-state index is 0.0782. The number of carbonyl (C=O) groups is 1. The van der Waals surface area contributed by atoms with E-state index in [1.54, 1.807) is 6.08 Å². The number of nitrogens with two attached hydrogens (primary N) is 1. The SMILES string of the molecule is CCCCCCCC/C=C\CCCCCCCC(=O)NC(COP(=O)(O)OCCN)C(O)/C=C/CCCCCCCCCCCCCCCCCCC. The molecule has 0 fully saturated rings. The topological polar surface area (TPSA) is 131 Å².